The second-order valence-electron chi connectivity index (χ2n) is 4.12. The molecule has 0 aliphatic carbocycles. The van der Waals surface area contributed by atoms with Crippen LogP contribution in [-0.4, -0.2) is 34.3 Å². The zero-order valence-corrected chi connectivity index (χ0v) is 9.82. The van der Waals surface area contributed by atoms with Crippen molar-refractivity contribution in [3.8, 4) is 5.75 Å². The van der Waals surface area contributed by atoms with Gasteiger partial charge in [0.2, 0.25) is 5.75 Å². The van der Waals surface area contributed by atoms with Gasteiger partial charge >= 0.3 is 0 Å². The molecule has 1 heterocycles. The van der Waals surface area contributed by atoms with Crippen LogP contribution in [0.15, 0.2) is 6.33 Å². The van der Waals surface area contributed by atoms with Gasteiger partial charge in [0.05, 0.1) is 7.11 Å². The minimum atomic E-state index is -0.289. The number of nitrogens with one attached hydrogen (secondary N) is 1. The molecule has 0 radical (unpaired) electrons. The summed E-state index contributed by atoms with van der Waals surface area (Å²) in [5, 5.41) is 12.1. The molecule has 0 atom stereocenters. The van der Waals surface area contributed by atoms with Crippen LogP contribution in [0, 0.1) is 0 Å². The summed E-state index contributed by atoms with van der Waals surface area (Å²) in [5.41, 5.74) is 5.37. The van der Waals surface area contributed by atoms with Crippen molar-refractivity contribution in [2.24, 2.45) is 0 Å². The van der Waals surface area contributed by atoms with Crippen molar-refractivity contribution in [1.82, 2.24) is 9.97 Å². The third-order valence-corrected chi connectivity index (χ3v) is 2.23. The van der Waals surface area contributed by atoms with E-state index in [1.165, 1.54) is 13.4 Å². The van der Waals surface area contributed by atoms with E-state index >= 15 is 0 Å². The van der Waals surface area contributed by atoms with Crippen LogP contribution in [0.4, 0.5) is 11.6 Å². The molecular weight excluding hydrogens is 208 g/mol. The van der Waals surface area contributed by atoms with Crippen molar-refractivity contribution < 1.29 is 9.84 Å². The molecule has 6 heteroatoms. The number of nitrogen functional groups attached to an aromatic ring is 1. The fourth-order valence-corrected chi connectivity index (χ4v) is 1.34. The van der Waals surface area contributed by atoms with Crippen LogP contribution in [-0.2, 0) is 0 Å². The number of aliphatic hydroxyl groups is 1. The topological polar surface area (TPSA) is 93.3 Å². The minimum Gasteiger partial charge on any atom is -0.490 e. The third-order valence-electron chi connectivity index (χ3n) is 2.23. The quantitative estimate of drug-likeness (QED) is 0.682. The number of anilines is 2. The Labute approximate surface area is 94.9 Å². The molecule has 0 aliphatic rings. The predicted octanol–water partition coefficient (Wildman–Crippen LogP) is 0.640. The molecule has 1 aromatic heterocycles. The normalized spacial score (nSPS) is 11.2. The summed E-state index contributed by atoms with van der Waals surface area (Å²) in [7, 11) is 1.51. The van der Waals surface area contributed by atoms with Crippen LogP contribution in [0.2, 0.25) is 0 Å². The highest BCUT2D eigenvalue weighted by molar-refractivity contribution is 5.62. The maximum Gasteiger partial charge on any atom is 0.203 e. The van der Waals surface area contributed by atoms with Crippen molar-refractivity contribution >= 4 is 11.6 Å². The van der Waals surface area contributed by atoms with Gasteiger partial charge in [-0.05, 0) is 20.3 Å². The average molecular weight is 226 g/mol. The molecule has 90 valence electrons. The van der Waals surface area contributed by atoms with E-state index in [1.807, 2.05) is 13.8 Å². The summed E-state index contributed by atoms with van der Waals surface area (Å²) >= 11 is 0. The molecule has 0 fully saturated rings. The standard InChI is InChI=1S/C10H18N4O2/c1-10(2,4-5-15)14-9-7(16-3)8(11)12-6-13-9/h6,15H,4-5H2,1-3H3,(H3,11,12,13,14). The lowest BCUT2D eigenvalue weighted by molar-refractivity contribution is 0.260. The van der Waals surface area contributed by atoms with E-state index in [0.29, 0.717) is 23.8 Å². The fourth-order valence-electron chi connectivity index (χ4n) is 1.34. The largest absolute Gasteiger partial charge is 0.490 e. The molecule has 0 saturated carbocycles. The van der Waals surface area contributed by atoms with Crippen LogP contribution < -0.4 is 15.8 Å². The van der Waals surface area contributed by atoms with Gasteiger partial charge in [0.25, 0.3) is 0 Å². The van der Waals surface area contributed by atoms with Gasteiger partial charge in [-0.2, -0.15) is 0 Å². The molecule has 16 heavy (non-hydrogen) atoms. The van der Waals surface area contributed by atoms with Gasteiger partial charge in [0.15, 0.2) is 11.6 Å². The molecular formula is C10H18N4O2. The van der Waals surface area contributed by atoms with E-state index in [2.05, 4.69) is 15.3 Å². The van der Waals surface area contributed by atoms with E-state index in [4.69, 9.17) is 15.6 Å². The predicted molar refractivity (Wildman–Crippen MR) is 62.4 cm³/mol. The lowest BCUT2D eigenvalue weighted by Gasteiger charge is -2.26. The van der Waals surface area contributed by atoms with Crippen molar-refractivity contribution in [2.75, 3.05) is 24.8 Å². The average Bonchev–Trinajstić information content (AvgIpc) is 2.17. The molecule has 0 aliphatic heterocycles. The number of hydrogen-bond acceptors (Lipinski definition) is 6. The van der Waals surface area contributed by atoms with E-state index in [0.717, 1.165) is 0 Å². The molecule has 0 spiro atoms. The fraction of sp³-hybridized carbons (Fsp3) is 0.600. The van der Waals surface area contributed by atoms with Crippen molar-refractivity contribution in [3.63, 3.8) is 0 Å². The number of hydrogen-bond donors (Lipinski definition) is 3. The number of aliphatic hydroxyl groups excluding tert-OH is 1. The summed E-state index contributed by atoms with van der Waals surface area (Å²) in [4.78, 5) is 7.91. The first kappa shape index (κ1) is 12.5. The highest BCUT2D eigenvalue weighted by Crippen LogP contribution is 2.29. The van der Waals surface area contributed by atoms with Gasteiger partial charge in [0, 0.05) is 12.1 Å². The van der Waals surface area contributed by atoms with Crippen molar-refractivity contribution in [3.05, 3.63) is 6.33 Å². The van der Waals surface area contributed by atoms with E-state index in [1.54, 1.807) is 0 Å². The number of nitrogens with two attached hydrogens (primary N) is 1. The number of rotatable bonds is 5. The smallest absolute Gasteiger partial charge is 0.203 e. The Morgan fingerprint density at radius 2 is 2.19 bits per heavy atom. The lowest BCUT2D eigenvalue weighted by atomic mass is 10.0. The molecule has 0 amide bonds. The van der Waals surface area contributed by atoms with Gasteiger partial charge < -0.3 is 20.9 Å². The third kappa shape index (κ3) is 2.96. The van der Waals surface area contributed by atoms with Crippen LogP contribution in [0.25, 0.3) is 0 Å². The Morgan fingerprint density at radius 1 is 1.50 bits per heavy atom. The Morgan fingerprint density at radius 3 is 2.75 bits per heavy atom. The van der Waals surface area contributed by atoms with Crippen LogP contribution in [0.3, 0.4) is 0 Å². The first-order chi connectivity index (χ1) is 7.50. The number of methoxy groups -OCH3 is 1. The van der Waals surface area contributed by atoms with Crippen LogP contribution in [0.5, 0.6) is 5.75 Å². The molecule has 0 aromatic carbocycles. The number of nitrogens with zero attached hydrogens (tertiary/aromatic N) is 2. The summed E-state index contributed by atoms with van der Waals surface area (Å²) in [6.07, 6.45) is 1.97. The van der Waals surface area contributed by atoms with E-state index in [9.17, 15) is 0 Å². The zero-order chi connectivity index (χ0) is 12.2. The number of aromatic nitrogens is 2. The second kappa shape index (κ2) is 4.98. The minimum absolute atomic E-state index is 0.100. The van der Waals surface area contributed by atoms with E-state index in [-0.39, 0.29) is 12.1 Å². The summed E-state index contributed by atoms with van der Waals surface area (Å²) in [6.45, 7) is 4.02. The summed E-state index contributed by atoms with van der Waals surface area (Å²) in [6, 6.07) is 0. The Hall–Kier alpha value is -1.56. The highest BCUT2D eigenvalue weighted by atomic mass is 16.5. The molecule has 0 bridgehead atoms. The summed E-state index contributed by atoms with van der Waals surface area (Å²) < 4.78 is 5.13. The molecule has 6 nitrogen and oxygen atoms in total. The van der Waals surface area contributed by atoms with Gasteiger partial charge in [0.1, 0.15) is 6.33 Å². The Balaban J connectivity index is 2.92. The molecule has 0 saturated heterocycles. The lowest BCUT2D eigenvalue weighted by Crippen LogP contribution is -2.32. The van der Waals surface area contributed by atoms with Gasteiger partial charge in [-0.3, -0.25) is 0 Å². The Kier molecular flexibility index (Phi) is 3.89. The van der Waals surface area contributed by atoms with Gasteiger partial charge in [-0.1, -0.05) is 0 Å². The van der Waals surface area contributed by atoms with Crippen LogP contribution in [0.1, 0.15) is 20.3 Å². The van der Waals surface area contributed by atoms with Crippen LogP contribution >= 0.6 is 0 Å². The first-order valence-corrected chi connectivity index (χ1v) is 5.03. The molecule has 4 N–H and O–H groups in total. The molecule has 1 aromatic rings. The molecule has 0 unspecified atom stereocenters. The van der Waals surface area contributed by atoms with Crippen molar-refractivity contribution in [2.45, 2.75) is 25.8 Å². The first-order valence-electron chi connectivity index (χ1n) is 5.03. The number of ether oxygens (including phenoxy) is 1. The zero-order valence-electron chi connectivity index (χ0n) is 9.82. The summed E-state index contributed by atoms with van der Waals surface area (Å²) in [5.74, 6) is 1.25. The van der Waals surface area contributed by atoms with Gasteiger partial charge in [-0.15, -0.1) is 0 Å². The maximum absolute atomic E-state index is 8.93. The SMILES string of the molecule is COc1c(N)ncnc1NC(C)(C)CCO. The monoisotopic (exact) mass is 226 g/mol. The Bertz CT molecular complexity index is 355. The van der Waals surface area contributed by atoms with E-state index < -0.39 is 0 Å². The van der Waals surface area contributed by atoms with Crippen molar-refractivity contribution in [1.29, 1.82) is 0 Å². The highest BCUT2D eigenvalue weighted by Gasteiger charge is 2.20. The maximum atomic E-state index is 8.93. The van der Waals surface area contributed by atoms with Gasteiger partial charge in [-0.25, -0.2) is 9.97 Å². The second-order valence-corrected chi connectivity index (χ2v) is 4.12. The molecule has 1 rings (SSSR count).